The zero-order valence-corrected chi connectivity index (χ0v) is 9.21. The van der Waals surface area contributed by atoms with E-state index >= 15 is 0 Å². The summed E-state index contributed by atoms with van der Waals surface area (Å²) in [6.45, 7) is 2.69. The van der Waals surface area contributed by atoms with Crippen molar-refractivity contribution in [3.8, 4) is 0 Å². The fourth-order valence-corrected chi connectivity index (χ4v) is 1.78. The molecule has 4 heteroatoms. The number of nitrogens with zero attached hydrogens (tertiary/aromatic N) is 1. The minimum absolute atomic E-state index is 0.127. The molecule has 0 spiro atoms. The molecule has 1 N–H and O–H groups in total. The van der Waals surface area contributed by atoms with Crippen molar-refractivity contribution >= 4 is 5.69 Å². The van der Waals surface area contributed by atoms with Gasteiger partial charge in [0.25, 0.3) is 0 Å². The fourth-order valence-electron chi connectivity index (χ4n) is 1.78. The molecular weight excluding hydrogens is 206 g/mol. The van der Waals surface area contributed by atoms with Gasteiger partial charge in [0.1, 0.15) is 0 Å². The van der Waals surface area contributed by atoms with Gasteiger partial charge in [-0.3, -0.25) is 0 Å². The molecule has 0 unspecified atom stereocenters. The van der Waals surface area contributed by atoms with Crippen molar-refractivity contribution in [3.05, 3.63) is 30.3 Å². The molecule has 0 amide bonds. The third-order valence-electron chi connectivity index (χ3n) is 2.55. The van der Waals surface area contributed by atoms with Gasteiger partial charge in [-0.25, -0.2) is 0 Å². The molecule has 1 fully saturated rings. The first kappa shape index (κ1) is 11.4. The number of hydrogen-bond donors (Lipinski definition) is 1. The lowest BCUT2D eigenvalue weighted by Crippen LogP contribution is -2.35. The normalized spacial score (nSPS) is 16.6. The molecule has 16 heavy (non-hydrogen) atoms. The Morgan fingerprint density at radius 3 is 2.50 bits per heavy atom. The Labute approximate surface area is 95.4 Å². The van der Waals surface area contributed by atoms with Crippen molar-refractivity contribution in [2.45, 2.75) is 6.29 Å². The Morgan fingerprint density at radius 2 is 1.88 bits per heavy atom. The Balaban J connectivity index is 1.99. The highest BCUT2D eigenvalue weighted by Gasteiger charge is 2.19. The predicted molar refractivity (Wildman–Crippen MR) is 61.4 cm³/mol. The van der Waals surface area contributed by atoms with Crippen LogP contribution in [0.1, 0.15) is 0 Å². The first-order valence-electron chi connectivity index (χ1n) is 5.54. The van der Waals surface area contributed by atoms with Crippen LogP contribution in [0.2, 0.25) is 0 Å². The summed E-state index contributed by atoms with van der Waals surface area (Å²) < 4.78 is 10.8. The summed E-state index contributed by atoms with van der Waals surface area (Å²) in [4.78, 5) is 2.07. The molecule has 4 nitrogen and oxygen atoms in total. The van der Waals surface area contributed by atoms with E-state index in [0.717, 1.165) is 5.69 Å². The van der Waals surface area contributed by atoms with E-state index in [9.17, 15) is 0 Å². The summed E-state index contributed by atoms with van der Waals surface area (Å²) in [5.74, 6) is 0. The first-order valence-corrected chi connectivity index (χ1v) is 5.54. The van der Waals surface area contributed by atoms with E-state index in [4.69, 9.17) is 14.6 Å². The van der Waals surface area contributed by atoms with E-state index in [1.165, 1.54) is 0 Å². The van der Waals surface area contributed by atoms with Crippen LogP contribution in [0.3, 0.4) is 0 Å². The maximum atomic E-state index is 9.05. The van der Waals surface area contributed by atoms with Gasteiger partial charge in [0.15, 0.2) is 6.29 Å². The van der Waals surface area contributed by atoms with Crippen LogP contribution in [-0.2, 0) is 9.47 Å². The topological polar surface area (TPSA) is 41.9 Å². The van der Waals surface area contributed by atoms with Gasteiger partial charge in [0.2, 0.25) is 0 Å². The number of anilines is 1. The highest BCUT2D eigenvalue weighted by atomic mass is 16.7. The summed E-state index contributed by atoms with van der Waals surface area (Å²) in [6.07, 6.45) is -0.174. The van der Waals surface area contributed by atoms with Crippen LogP contribution < -0.4 is 4.90 Å². The maximum Gasteiger partial charge on any atom is 0.175 e. The molecule has 88 valence electrons. The number of rotatable bonds is 5. The van der Waals surface area contributed by atoms with Crippen molar-refractivity contribution in [3.63, 3.8) is 0 Å². The van der Waals surface area contributed by atoms with Crippen molar-refractivity contribution in [2.24, 2.45) is 0 Å². The molecule has 2 rings (SSSR count). The van der Waals surface area contributed by atoms with E-state index in [1.807, 2.05) is 30.3 Å². The second-order valence-electron chi connectivity index (χ2n) is 3.68. The lowest BCUT2D eigenvalue weighted by Gasteiger charge is -2.26. The van der Waals surface area contributed by atoms with Gasteiger partial charge in [-0.1, -0.05) is 18.2 Å². The van der Waals surface area contributed by atoms with E-state index in [0.29, 0.717) is 26.3 Å². The highest BCUT2D eigenvalue weighted by molar-refractivity contribution is 5.45. The average molecular weight is 223 g/mol. The molecule has 1 aliphatic rings. The fraction of sp³-hybridized carbons (Fsp3) is 0.500. The second kappa shape index (κ2) is 5.84. The van der Waals surface area contributed by atoms with Crippen LogP contribution >= 0.6 is 0 Å². The molecule has 1 aromatic carbocycles. The van der Waals surface area contributed by atoms with E-state index in [-0.39, 0.29) is 12.9 Å². The SMILES string of the molecule is OCCN(CC1OCCO1)c1ccccc1. The lowest BCUT2D eigenvalue weighted by molar-refractivity contribution is -0.0345. The Kier molecular flexibility index (Phi) is 4.16. The zero-order chi connectivity index (χ0) is 11.2. The van der Waals surface area contributed by atoms with E-state index in [2.05, 4.69) is 4.90 Å². The van der Waals surface area contributed by atoms with Gasteiger partial charge in [-0.2, -0.15) is 0 Å². The van der Waals surface area contributed by atoms with Crippen molar-refractivity contribution in [1.82, 2.24) is 0 Å². The van der Waals surface area contributed by atoms with E-state index in [1.54, 1.807) is 0 Å². The van der Waals surface area contributed by atoms with Gasteiger partial charge >= 0.3 is 0 Å². The molecular formula is C12H17NO3. The number of benzene rings is 1. The molecule has 1 saturated heterocycles. The molecule has 0 atom stereocenters. The Morgan fingerprint density at radius 1 is 1.19 bits per heavy atom. The largest absolute Gasteiger partial charge is 0.395 e. The van der Waals surface area contributed by atoms with Crippen molar-refractivity contribution in [1.29, 1.82) is 0 Å². The van der Waals surface area contributed by atoms with Crippen LogP contribution in [0.4, 0.5) is 5.69 Å². The monoisotopic (exact) mass is 223 g/mol. The van der Waals surface area contributed by atoms with Gasteiger partial charge in [-0.15, -0.1) is 0 Å². The summed E-state index contributed by atoms with van der Waals surface area (Å²) in [5.41, 5.74) is 1.08. The minimum atomic E-state index is -0.174. The number of ether oxygens (including phenoxy) is 2. The Hall–Kier alpha value is -1.10. The van der Waals surface area contributed by atoms with Crippen LogP contribution in [-0.4, -0.2) is 44.3 Å². The summed E-state index contributed by atoms with van der Waals surface area (Å²) in [6, 6.07) is 9.98. The lowest BCUT2D eigenvalue weighted by atomic mass is 10.3. The quantitative estimate of drug-likeness (QED) is 0.804. The molecule has 0 radical (unpaired) electrons. The van der Waals surface area contributed by atoms with Gasteiger partial charge in [0, 0.05) is 12.2 Å². The molecule has 0 aliphatic carbocycles. The van der Waals surface area contributed by atoms with Gasteiger partial charge in [0.05, 0.1) is 26.4 Å². The smallest absolute Gasteiger partial charge is 0.175 e. The van der Waals surface area contributed by atoms with Crippen LogP contribution in [0, 0.1) is 0 Å². The van der Waals surface area contributed by atoms with E-state index < -0.39 is 0 Å². The van der Waals surface area contributed by atoms with Crippen LogP contribution in [0.25, 0.3) is 0 Å². The molecule has 1 aliphatic heterocycles. The van der Waals surface area contributed by atoms with Gasteiger partial charge in [-0.05, 0) is 12.1 Å². The van der Waals surface area contributed by atoms with Gasteiger partial charge < -0.3 is 19.5 Å². The summed E-state index contributed by atoms with van der Waals surface area (Å²) in [7, 11) is 0. The molecule has 1 aromatic rings. The van der Waals surface area contributed by atoms with Crippen molar-refractivity contribution < 1.29 is 14.6 Å². The zero-order valence-electron chi connectivity index (χ0n) is 9.21. The number of para-hydroxylation sites is 1. The first-order chi connectivity index (χ1) is 7.90. The summed E-state index contributed by atoms with van der Waals surface area (Å²) >= 11 is 0. The predicted octanol–water partition coefficient (Wildman–Crippen LogP) is 0.858. The third kappa shape index (κ3) is 2.95. The number of hydrogen-bond acceptors (Lipinski definition) is 4. The number of aliphatic hydroxyl groups is 1. The highest BCUT2D eigenvalue weighted by Crippen LogP contribution is 2.15. The standard InChI is InChI=1S/C12H17NO3/c14-7-6-13(10-12-15-8-9-16-12)11-4-2-1-3-5-11/h1-5,12,14H,6-10H2. The summed E-state index contributed by atoms with van der Waals surface area (Å²) in [5, 5.41) is 9.05. The van der Waals surface area contributed by atoms with Crippen LogP contribution in [0.5, 0.6) is 0 Å². The Bertz CT molecular complexity index is 298. The van der Waals surface area contributed by atoms with Crippen LogP contribution in [0.15, 0.2) is 30.3 Å². The second-order valence-corrected chi connectivity index (χ2v) is 3.68. The maximum absolute atomic E-state index is 9.05. The molecule has 0 bridgehead atoms. The van der Waals surface area contributed by atoms with Crippen molar-refractivity contribution in [2.75, 3.05) is 37.8 Å². The minimum Gasteiger partial charge on any atom is -0.395 e. The number of aliphatic hydroxyl groups excluding tert-OH is 1. The molecule has 0 aromatic heterocycles. The molecule has 1 heterocycles. The average Bonchev–Trinajstić information content (AvgIpc) is 2.83. The third-order valence-corrected chi connectivity index (χ3v) is 2.55. The molecule has 0 saturated carbocycles.